The summed E-state index contributed by atoms with van der Waals surface area (Å²) in [6.07, 6.45) is -1.38. The normalized spacial score (nSPS) is 11.8. The summed E-state index contributed by atoms with van der Waals surface area (Å²) in [7, 11) is 0. The Labute approximate surface area is 144 Å². The van der Waals surface area contributed by atoms with Crippen LogP contribution >= 0.6 is 34.2 Å². The first-order valence-electron chi connectivity index (χ1n) is 6.12. The van der Waals surface area contributed by atoms with E-state index in [4.69, 9.17) is 16.7 Å². The van der Waals surface area contributed by atoms with E-state index in [9.17, 15) is 14.0 Å². The molecule has 0 saturated heterocycles. The van der Waals surface area contributed by atoms with E-state index in [0.717, 1.165) is 9.64 Å². The molecular weight excluding hydrogens is 424 g/mol. The maximum Gasteiger partial charge on any atom is 0.405 e. The maximum absolute atomic E-state index is 13.6. The van der Waals surface area contributed by atoms with Crippen molar-refractivity contribution in [3.05, 3.63) is 68.0 Å². The first-order valence-corrected chi connectivity index (χ1v) is 7.58. The highest BCUT2D eigenvalue weighted by molar-refractivity contribution is 14.1. The van der Waals surface area contributed by atoms with Gasteiger partial charge in [-0.2, -0.15) is 0 Å². The van der Waals surface area contributed by atoms with Crippen LogP contribution in [0.5, 0.6) is 0 Å². The average Bonchev–Trinajstić information content (AvgIpc) is 2.48. The fourth-order valence-electron chi connectivity index (χ4n) is 1.90. The Morgan fingerprint density at radius 3 is 2.36 bits per heavy atom. The van der Waals surface area contributed by atoms with Crippen LogP contribution < -0.4 is 5.32 Å². The standard InChI is InChI=1S/C15H10ClFINO3/c16-11-6-3-9(7-12(11)17)13(19-15(21)22)14(20)8-1-4-10(18)5-2-8/h1-7,13,19H,(H,21,22). The van der Waals surface area contributed by atoms with Crippen molar-refractivity contribution in [2.75, 3.05) is 0 Å². The van der Waals surface area contributed by atoms with E-state index >= 15 is 0 Å². The van der Waals surface area contributed by atoms with Crippen molar-refractivity contribution in [1.29, 1.82) is 0 Å². The molecule has 2 aromatic carbocycles. The van der Waals surface area contributed by atoms with Gasteiger partial charge in [0.05, 0.1) is 5.02 Å². The average molecular weight is 434 g/mol. The van der Waals surface area contributed by atoms with Crippen LogP contribution in [-0.4, -0.2) is 17.0 Å². The summed E-state index contributed by atoms with van der Waals surface area (Å²) in [6.45, 7) is 0. The van der Waals surface area contributed by atoms with E-state index in [1.807, 2.05) is 0 Å². The third kappa shape index (κ3) is 3.95. The van der Waals surface area contributed by atoms with Gasteiger partial charge in [0, 0.05) is 9.13 Å². The highest BCUT2D eigenvalue weighted by Crippen LogP contribution is 2.23. The summed E-state index contributed by atoms with van der Waals surface area (Å²) in [6, 6.07) is 9.18. The van der Waals surface area contributed by atoms with Gasteiger partial charge in [-0.3, -0.25) is 4.79 Å². The van der Waals surface area contributed by atoms with Crippen molar-refractivity contribution in [1.82, 2.24) is 5.32 Å². The minimum absolute atomic E-state index is 0.0976. The number of halogens is 3. The van der Waals surface area contributed by atoms with Gasteiger partial charge in [-0.15, -0.1) is 0 Å². The van der Waals surface area contributed by atoms with E-state index in [1.165, 1.54) is 12.1 Å². The fourth-order valence-corrected chi connectivity index (χ4v) is 2.37. The molecule has 0 aliphatic heterocycles. The summed E-state index contributed by atoms with van der Waals surface area (Å²) in [5.41, 5.74) is 0.516. The van der Waals surface area contributed by atoms with Gasteiger partial charge in [0.2, 0.25) is 0 Å². The van der Waals surface area contributed by atoms with Gasteiger partial charge in [-0.05, 0) is 52.4 Å². The molecule has 0 aromatic heterocycles. The minimum Gasteiger partial charge on any atom is -0.465 e. The number of carbonyl (C=O) groups is 2. The van der Waals surface area contributed by atoms with Crippen LogP contribution in [0.1, 0.15) is 22.0 Å². The SMILES string of the molecule is O=C(O)NC(C(=O)c1ccc(I)cc1)c1ccc(Cl)c(F)c1. The van der Waals surface area contributed by atoms with Crippen molar-refractivity contribution in [2.45, 2.75) is 6.04 Å². The van der Waals surface area contributed by atoms with Crippen LogP contribution in [0.15, 0.2) is 42.5 Å². The Bertz CT molecular complexity index is 721. The van der Waals surface area contributed by atoms with E-state index in [1.54, 1.807) is 24.3 Å². The predicted molar refractivity (Wildman–Crippen MR) is 88.8 cm³/mol. The Hall–Kier alpha value is -1.67. The molecule has 0 fully saturated rings. The second-order valence-corrected chi connectivity index (χ2v) is 6.08. The maximum atomic E-state index is 13.6. The van der Waals surface area contributed by atoms with Crippen LogP contribution in [0, 0.1) is 9.39 Å². The zero-order valence-corrected chi connectivity index (χ0v) is 13.9. The molecule has 0 spiro atoms. The number of hydrogen-bond acceptors (Lipinski definition) is 2. The van der Waals surface area contributed by atoms with Gasteiger partial charge < -0.3 is 10.4 Å². The summed E-state index contributed by atoms with van der Waals surface area (Å²) in [4.78, 5) is 23.4. The number of ketones is 1. The molecule has 7 heteroatoms. The van der Waals surface area contributed by atoms with Gasteiger partial charge >= 0.3 is 6.09 Å². The molecule has 0 bridgehead atoms. The van der Waals surface area contributed by atoms with E-state index in [-0.39, 0.29) is 10.6 Å². The van der Waals surface area contributed by atoms with Gasteiger partial charge in [-0.1, -0.05) is 29.8 Å². The summed E-state index contributed by atoms with van der Waals surface area (Å²) in [5, 5.41) is 10.9. The van der Waals surface area contributed by atoms with E-state index < -0.39 is 23.7 Å². The fraction of sp³-hybridized carbons (Fsp3) is 0.0667. The largest absolute Gasteiger partial charge is 0.465 e. The number of carbonyl (C=O) groups excluding carboxylic acids is 1. The second-order valence-electron chi connectivity index (χ2n) is 4.43. The van der Waals surface area contributed by atoms with Crippen LogP contribution in [0.2, 0.25) is 5.02 Å². The number of rotatable bonds is 4. The number of benzene rings is 2. The number of carboxylic acid groups (broad SMARTS) is 1. The lowest BCUT2D eigenvalue weighted by molar-refractivity contribution is 0.0936. The van der Waals surface area contributed by atoms with Crippen molar-refractivity contribution in [3.8, 4) is 0 Å². The molecule has 0 aliphatic rings. The van der Waals surface area contributed by atoms with Crippen LogP contribution in [0.3, 0.4) is 0 Å². The zero-order chi connectivity index (χ0) is 16.3. The molecule has 2 N–H and O–H groups in total. The number of Topliss-reactive ketones (excluding diaryl/α,β-unsaturated/α-hetero) is 1. The van der Waals surface area contributed by atoms with Crippen molar-refractivity contribution >= 4 is 46.1 Å². The molecule has 114 valence electrons. The monoisotopic (exact) mass is 433 g/mol. The molecule has 1 unspecified atom stereocenters. The molecule has 1 atom stereocenters. The topological polar surface area (TPSA) is 66.4 Å². The van der Waals surface area contributed by atoms with Gasteiger partial charge in [0.1, 0.15) is 11.9 Å². The molecule has 0 aliphatic carbocycles. The summed E-state index contributed by atoms with van der Waals surface area (Å²) < 4.78 is 14.5. The highest BCUT2D eigenvalue weighted by Gasteiger charge is 2.24. The molecule has 0 heterocycles. The molecule has 0 radical (unpaired) electrons. The predicted octanol–water partition coefficient (Wildman–Crippen LogP) is 4.28. The molecule has 0 saturated carbocycles. The van der Waals surface area contributed by atoms with Crippen molar-refractivity contribution < 1.29 is 19.1 Å². The van der Waals surface area contributed by atoms with Crippen LogP contribution in [-0.2, 0) is 0 Å². The molecule has 4 nitrogen and oxygen atoms in total. The Kier molecular flexibility index (Phi) is 5.36. The van der Waals surface area contributed by atoms with Gasteiger partial charge in [0.15, 0.2) is 5.78 Å². The van der Waals surface area contributed by atoms with Gasteiger partial charge in [0.25, 0.3) is 0 Å². The number of amides is 1. The lowest BCUT2D eigenvalue weighted by Crippen LogP contribution is -2.32. The Morgan fingerprint density at radius 1 is 1.18 bits per heavy atom. The second kappa shape index (κ2) is 7.06. The third-order valence-electron chi connectivity index (χ3n) is 2.94. The Balaban J connectivity index is 2.40. The lowest BCUT2D eigenvalue weighted by Gasteiger charge is -2.17. The molecule has 2 rings (SSSR count). The smallest absolute Gasteiger partial charge is 0.405 e. The van der Waals surface area contributed by atoms with E-state index in [0.29, 0.717) is 5.56 Å². The number of nitrogens with one attached hydrogen (secondary N) is 1. The number of hydrogen-bond donors (Lipinski definition) is 2. The van der Waals surface area contributed by atoms with Crippen molar-refractivity contribution in [3.63, 3.8) is 0 Å². The molecule has 2 aromatic rings. The van der Waals surface area contributed by atoms with Crippen molar-refractivity contribution in [2.24, 2.45) is 0 Å². The van der Waals surface area contributed by atoms with Crippen LogP contribution in [0.25, 0.3) is 0 Å². The highest BCUT2D eigenvalue weighted by atomic mass is 127. The summed E-state index contributed by atoms with van der Waals surface area (Å²) >= 11 is 7.70. The lowest BCUT2D eigenvalue weighted by atomic mass is 9.97. The Morgan fingerprint density at radius 2 is 1.82 bits per heavy atom. The van der Waals surface area contributed by atoms with Crippen LogP contribution in [0.4, 0.5) is 9.18 Å². The zero-order valence-electron chi connectivity index (χ0n) is 11.0. The van der Waals surface area contributed by atoms with E-state index in [2.05, 4.69) is 27.9 Å². The quantitative estimate of drug-likeness (QED) is 0.559. The minimum atomic E-state index is -1.38. The first-order chi connectivity index (χ1) is 10.4. The first kappa shape index (κ1) is 16.7. The molecule has 1 amide bonds. The molecule has 22 heavy (non-hydrogen) atoms. The molecular formula is C15H10ClFINO3. The third-order valence-corrected chi connectivity index (χ3v) is 3.96. The summed E-state index contributed by atoms with van der Waals surface area (Å²) in [5.74, 6) is -1.19. The van der Waals surface area contributed by atoms with Gasteiger partial charge in [-0.25, -0.2) is 9.18 Å².